The number of methoxy groups -OCH3 is 1. The Morgan fingerprint density at radius 2 is 1.80 bits per heavy atom. The van der Waals surface area contributed by atoms with E-state index in [1.165, 1.54) is 12.1 Å². The molecule has 1 heterocycles. The molecular weight excluding hydrogens is 390 g/mol. The lowest BCUT2D eigenvalue weighted by Crippen LogP contribution is -2.42. The quantitative estimate of drug-likeness (QED) is 0.469. The highest BCUT2D eigenvalue weighted by molar-refractivity contribution is 5.96. The number of hydrazine groups is 1. The molecule has 0 fully saturated rings. The lowest BCUT2D eigenvalue weighted by Gasteiger charge is -2.08. The zero-order chi connectivity index (χ0) is 21.3. The van der Waals surface area contributed by atoms with Crippen molar-refractivity contribution < 1.29 is 28.6 Å². The number of rotatable bonds is 7. The molecule has 0 atom stereocenters. The predicted octanol–water partition coefficient (Wildman–Crippen LogP) is 1.40. The molecule has 0 aromatic heterocycles. The molecule has 0 aliphatic carbocycles. The first-order valence-corrected chi connectivity index (χ1v) is 9.14. The highest BCUT2D eigenvalue weighted by atomic mass is 16.7. The highest BCUT2D eigenvalue weighted by Gasteiger charge is 2.16. The van der Waals surface area contributed by atoms with Crippen molar-refractivity contribution in [1.29, 1.82) is 0 Å². The van der Waals surface area contributed by atoms with E-state index in [-0.39, 0.29) is 25.7 Å². The maximum absolute atomic E-state index is 12.1. The van der Waals surface area contributed by atoms with E-state index in [1.54, 1.807) is 37.5 Å². The summed E-state index contributed by atoms with van der Waals surface area (Å²) >= 11 is 0. The van der Waals surface area contributed by atoms with Gasteiger partial charge in [-0.2, -0.15) is 0 Å². The van der Waals surface area contributed by atoms with Gasteiger partial charge >= 0.3 is 0 Å². The zero-order valence-corrected chi connectivity index (χ0v) is 16.3. The van der Waals surface area contributed by atoms with Crippen molar-refractivity contribution in [2.24, 2.45) is 0 Å². The second-order valence-corrected chi connectivity index (χ2v) is 6.22. The van der Waals surface area contributed by atoms with Gasteiger partial charge in [-0.25, -0.2) is 0 Å². The molecule has 0 saturated heterocycles. The number of carbonyl (C=O) groups is 3. The van der Waals surface area contributed by atoms with Crippen LogP contribution in [0.2, 0.25) is 0 Å². The van der Waals surface area contributed by atoms with Gasteiger partial charge in [-0.3, -0.25) is 25.2 Å². The summed E-state index contributed by atoms with van der Waals surface area (Å²) in [6.07, 6.45) is 3.03. The number of ether oxygens (including phenoxy) is 3. The molecule has 0 unspecified atom stereocenters. The minimum absolute atomic E-state index is 0.00351. The smallest absolute Gasteiger partial charge is 0.269 e. The maximum Gasteiger partial charge on any atom is 0.269 e. The molecule has 30 heavy (non-hydrogen) atoms. The summed E-state index contributed by atoms with van der Waals surface area (Å²) in [5.74, 6) is 0.500. The Kier molecular flexibility index (Phi) is 6.88. The van der Waals surface area contributed by atoms with Crippen LogP contribution in [-0.2, 0) is 9.59 Å². The van der Waals surface area contributed by atoms with Crippen molar-refractivity contribution in [3.8, 4) is 17.2 Å². The minimum atomic E-state index is -0.492. The Morgan fingerprint density at radius 1 is 1.03 bits per heavy atom. The van der Waals surface area contributed by atoms with Gasteiger partial charge in [0.25, 0.3) is 5.91 Å². The van der Waals surface area contributed by atoms with Gasteiger partial charge in [-0.15, -0.1) is 0 Å². The summed E-state index contributed by atoms with van der Waals surface area (Å²) in [7, 11) is 1.58. The third-order valence-electron chi connectivity index (χ3n) is 4.14. The van der Waals surface area contributed by atoms with E-state index in [2.05, 4.69) is 16.2 Å². The Balaban J connectivity index is 1.35. The van der Waals surface area contributed by atoms with Crippen molar-refractivity contribution in [3.05, 3.63) is 59.7 Å². The van der Waals surface area contributed by atoms with Crippen LogP contribution in [0.25, 0.3) is 6.08 Å². The van der Waals surface area contributed by atoms with Crippen LogP contribution >= 0.6 is 0 Å². The van der Waals surface area contributed by atoms with Crippen LogP contribution < -0.4 is 30.4 Å². The van der Waals surface area contributed by atoms with Crippen LogP contribution in [0.4, 0.5) is 0 Å². The van der Waals surface area contributed by atoms with Crippen molar-refractivity contribution in [1.82, 2.24) is 16.2 Å². The Morgan fingerprint density at radius 3 is 2.57 bits per heavy atom. The van der Waals surface area contributed by atoms with Gasteiger partial charge in [-0.1, -0.05) is 12.1 Å². The summed E-state index contributed by atoms with van der Waals surface area (Å²) in [4.78, 5) is 35.7. The van der Waals surface area contributed by atoms with E-state index in [0.717, 1.165) is 11.3 Å². The Hall–Kier alpha value is -4.01. The first-order chi connectivity index (χ1) is 14.5. The average molecular weight is 411 g/mol. The number of benzene rings is 2. The molecule has 0 saturated carbocycles. The molecule has 0 bridgehead atoms. The normalized spacial score (nSPS) is 11.8. The number of hydrogen-bond acceptors (Lipinski definition) is 6. The number of carbonyl (C=O) groups excluding carboxylic acids is 3. The van der Waals surface area contributed by atoms with Crippen molar-refractivity contribution in [2.45, 2.75) is 6.42 Å². The predicted molar refractivity (Wildman–Crippen MR) is 108 cm³/mol. The first-order valence-electron chi connectivity index (χ1n) is 9.14. The Bertz CT molecular complexity index is 956. The van der Waals surface area contributed by atoms with E-state index in [4.69, 9.17) is 14.2 Å². The monoisotopic (exact) mass is 411 g/mol. The SMILES string of the molecule is COc1ccc(/C=C/C(=O)NCCC(=O)NNC(=O)c2ccc3c(c2)OCO3)cc1. The second-order valence-electron chi connectivity index (χ2n) is 6.22. The lowest BCUT2D eigenvalue weighted by molar-refractivity contribution is -0.122. The molecule has 3 amide bonds. The van der Waals surface area contributed by atoms with Gasteiger partial charge in [0.15, 0.2) is 11.5 Å². The van der Waals surface area contributed by atoms with Crippen molar-refractivity contribution in [3.63, 3.8) is 0 Å². The molecule has 1 aliphatic heterocycles. The highest BCUT2D eigenvalue weighted by Crippen LogP contribution is 2.32. The number of nitrogens with one attached hydrogen (secondary N) is 3. The number of amides is 3. The minimum Gasteiger partial charge on any atom is -0.497 e. The first kappa shape index (κ1) is 20.7. The van der Waals surface area contributed by atoms with Gasteiger partial charge < -0.3 is 19.5 Å². The zero-order valence-electron chi connectivity index (χ0n) is 16.3. The van der Waals surface area contributed by atoms with E-state index in [9.17, 15) is 14.4 Å². The summed E-state index contributed by atoms with van der Waals surface area (Å²) in [5, 5.41) is 2.60. The van der Waals surface area contributed by atoms with E-state index in [0.29, 0.717) is 17.1 Å². The van der Waals surface area contributed by atoms with Gasteiger partial charge in [0.1, 0.15) is 5.75 Å². The summed E-state index contributed by atoms with van der Waals surface area (Å²) in [6.45, 7) is 0.232. The summed E-state index contributed by atoms with van der Waals surface area (Å²) in [6, 6.07) is 11.9. The van der Waals surface area contributed by atoms with Gasteiger partial charge in [0, 0.05) is 24.6 Å². The average Bonchev–Trinajstić information content (AvgIpc) is 3.24. The Labute approximate surface area is 173 Å². The molecular formula is C21H21N3O6. The molecule has 0 radical (unpaired) electrons. The van der Waals surface area contributed by atoms with Gasteiger partial charge in [0.2, 0.25) is 18.6 Å². The third-order valence-corrected chi connectivity index (χ3v) is 4.14. The molecule has 3 rings (SSSR count). The third kappa shape index (κ3) is 5.74. The molecule has 0 spiro atoms. The van der Waals surface area contributed by atoms with Crippen molar-refractivity contribution in [2.75, 3.05) is 20.4 Å². The van der Waals surface area contributed by atoms with E-state index < -0.39 is 11.8 Å². The summed E-state index contributed by atoms with van der Waals surface area (Å²) in [5.41, 5.74) is 5.77. The largest absolute Gasteiger partial charge is 0.497 e. The molecule has 2 aromatic carbocycles. The molecule has 9 heteroatoms. The number of fused-ring (bicyclic) bond motifs is 1. The fourth-order valence-electron chi connectivity index (χ4n) is 2.54. The van der Waals surface area contributed by atoms with Crippen LogP contribution in [0.3, 0.4) is 0 Å². The topological polar surface area (TPSA) is 115 Å². The molecule has 9 nitrogen and oxygen atoms in total. The van der Waals surface area contributed by atoms with E-state index in [1.807, 2.05) is 12.1 Å². The molecule has 1 aliphatic rings. The van der Waals surface area contributed by atoms with Gasteiger partial charge in [-0.05, 0) is 42.0 Å². The second kappa shape index (κ2) is 9.97. The van der Waals surface area contributed by atoms with Crippen LogP contribution in [0.5, 0.6) is 17.2 Å². The maximum atomic E-state index is 12.1. The summed E-state index contributed by atoms with van der Waals surface area (Å²) < 4.78 is 15.5. The fraction of sp³-hybridized carbons (Fsp3) is 0.190. The van der Waals surface area contributed by atoms with E-state index >= 15 is 0 Å². The number of hydrogen-bond donors (Lipinski definition) is 3. The van der Waals surface area contributed by atoms with Crippen molar-refractivity contribution >= 4 is 23.8 Å². The van der Waals surface area contributed by atoms with Crippen LogP contribution in [0, 0.1) is 0 Å². The molecule has 3 N–H and O–H groups in total. The standard InChI is InChI=1S/C21H21N3O6/c1-28-16-6-2-14(3-7-16)4-9-19(25)22-11-10-20(26)23-24-21(27)15-5-8-17-18(12-15)30-13-29-17/h2-9,12H,10-11,13H2,1H3,(H,22,25)(H,23,26)(H,24,27)/b9-4+. The molecule has 156 valence electrons. The van der Waals surface area contributed by atoms with Crippen LogP contribution in [-0.4, -0.2) is 38.2 Å². The van der Waals surface area contributed by atoms with Crippen LogP contribution in [0.15, 0.2) is 48.5 Å². The van der Waals surface area contributed by atoms with Gasteiger partial charge in [0.05, 0.1) is 7.11 Å². The molecule has 2 aromatic rings. The fourth-order valence-corrected chi connectivity index (χ4v) is 2.54. The lowest BCUT2D eigenvalue weighted by atomic mass is 10.2. The van der Waals surface area contributed by atoms with Crippen LogP contribution in [0.1, 0.15) is 22.3 Å².